The molecular formula is C20H21N3O5. The first-order valence-electron chi connectivity index (χ1n) is 9.42. The molecule has 1 saturated heterocycles. The summed E-state index contributed by atoms with van der Waals surface area (Å²) in [7, 11) is 0. The maximum atomic E-state index is 12.8. The number of hydrogen-bond donors (Lipinski definition) is 1. The van der Waals surface area contributed by atoms with E-state index in [1.165, 1.54) is 10.9 Å². The first kappa shape index (κ1) is 18.2. The number of nitrogens with zero attached hydrogens (tertiary/aromatic N) is 3. The molecule has 0 saturated carbocycles. The van der Waals surface area contributed by atoms with Crippen LogP contribution in [0.15, 0.2) is 39.8 Å². The minimum atomic E-state index is -0.867. The van der Waals surface area contributed by atoms with Gasteiger partial charge in [0.05, 0.1) is 6.33 Å². The number of fused-ring (bicyclic) bond motifs is 3. The van der Waals surface area contributed by atoms with Gasteiger partial charge in [-0.05, 0) is 37.8 Å². The number of furan rings is 1. The second kappa shape index (κ2) is 7.46. The van der Waals surface area contributed by atoms with Crippen LogP contribution in [0, 0.1) is 0 Å². The Morgan fingerprint density at radius 2 is 2.07 bits per heavy atom. The minimum Gasteiger partial charge on any atom is -0.481 e. The van der Waals surface area contributed by atoms with Crippen LogP contribution in [-0.4, -0.2) is 44.0 Å². The van der Waals surface area contributed by atoms with Crippen LogP contribution in [0.5, 0.6) is 0 Å². The predicted octanol–water partition coefficient (Wildman–Crippen LogP) is 2.39. The number of rotatable bonds is 5. The molecule has 1 aromatic carbocycles. The van der Waals surface area contributed by atoms with Crippen molar-refractivity contribution < 1.29 is 19.1 Å². The van der Waals surface area contributed by atoms with Gasteiger partial charge in [-0.15, -0.1) is 0 Å². The predicted molar refractivity (Wildman–Crippen MR) is 102 cm³/mol. The van der Waals surface area contributed by atoms with Crippen LogP contribution in [0.4, 0.5) is 0 Å². The number of carboxylic acids is 1. The van der Waals surface area contributed by atoms with E-state index in [0.717, 1.165) is 24.6 Å². The van der Waals surface area contributed by atoms with E-state index in [0.29, 0.717) is 24.1 Å². The Balaban J connectivity index is 1.59. The average molecular weight is 383 g/mol. The molecule has 1 aliphatic heterocycles. The number of carbonyl (C=O) groups excluding carboxylic acids is 1. The Kier molecular flexibility index (Phi) is 4.85. The standard InChI is InChI=1S/C20H21N3O5/c24-16(23-10-4-3-5-13(23)8-9-17(25)26)11-22-12-21-18-14-6-1-2-7-15(14)28-19(18)20(22)27/h1-2,6-7,12-13H,3-5,8-11H2,(H,25,26). The molecule has 0 bridgehead atoms. The van der Waals surface area contributed by atoms with E-state index in [-0.39, 0.29) is 30.5 Å². The monoisotopic (exact) mass is 383 g/mol. The molecule has 1 fully saturated rings. The molecule has 3 aromatic rings. The number of aliphatic carboxylic acids is 1. The molecule has 146 valence electrons. The van der Waals surface area contributed by atoms with Gasteiger partial charge in [-0.25, -0.2) is 4.98 Å². The second-order valence-electron chi connectivity index (χ2n) is 7.12. The molecule has 1 N–H and O–H groups in total. The zero-order valence-corrected chi connectivity index (χ0v) is 15.3. The minimum absolute atomic E-state index is 0.0287. The van der Waals surface area contributed by atoms with Gasteiger partial charge >= 0.3 is 5.97 Å². The van der Waals surface area contributed by atoms with Gasteiger partial charge in [0, 0.05) is 24.4 Å². The van der Waals surface area contributed by atoms with Crippen LogP contribution in [0.2, 0.25) is 0 Å². The fourth-order valence-electron chi connectivity index (χ4n) is 3.88. The third-order valence-electron chi connectivity index (χ3n) is 5.30. The topological polar surface area (TPSA) is 106 Å². The van der Waals surface area contributed by atoms with Crippen molar-refractivity contribution >= 4 is 33.9 Å². The summed E-state index contributed by atoms with van der Waals surface area (Å²) >= 11 is 0. The summed E-state index contributed by atoms with van der Waals surface area (Å²) in [5.74, 6) is -1.07. The Morgan fingerprint density at radius 3 is 2.89 bits per heavy atom. The molecule has 3 heterocycles. The summed E-state index contributed by atoms with van der Waals surface area (Å²) in [6.45, 7) is 0.445. The fourth-order valence-corrected chi connectivity index (χ4v) is 3.88. The summed E-state index contributed by atoms with van der Waals surface area (Å²) in [6, 6.07) is 7.18. The van der Waals surface area contributed by atoms with E-state index >= 15 is 0 Å². The van der Waals surface area contributed by atoms with E-state index in [1.54, 1.807) is 11.0 Å². The summed E-state index contributed by atoms with van der Waals surface area (Å²) < 4.78 is 6.91. The molecule has 8 heteroatoms. The largest absolute Gasteiger partial charge is 0.481 e. The highest BCUT2D eigenvalue weighted by molar-refractivity contribution is 6.01. The van der Waals surface area contributed by atoms with Gasteiger partial charge < -0.3 is 14.4 Å². The van der Waals surface area contributed by atoms with Crippen LogP contribution < -0.4 is 5.56 Å². The van der Waals surface area contributed by atoms with Crippen molar-refractivity contribution in [3.8, 4) is 0 Å². The fraction of sp³-hybridized carbons (Fsp3) is 0.400. The molecule has 1 atom stereocenters. The van der Waals surface area contributed by atoms with E-state index in [1.807, 2.05) is 18.2 Å². The van der Waals surface area contributed by atoms with Gasteiger partial charge in [0.25, 0.3) is 5.56 Å². The number of hydrogen-bond acceptors (Lipinski definition) is 5. The average Bonchev–Trinajstić information content (AvgIpc) is 3.08. The molecule has 0 spiro atoms. The highest BCUT2D eigenvalue weighted by Gasteiger charge is 2.27. The van der Waals surface area contributed by atoms with Gasteiger partial charge in [0.15, 0.2) is 0 Å². The van der Waals surface area contributed by atoms with Crippen molar-refractivity contribution in [1.82, 2.24) is 14.5 Å². The summed E-state index contributed by atoms with van der Waals surface area (Å²) in [6.07, 6.45) is 4.47. The van der Waals surface area contributed by atoms with Gasteiger partial charge in [0.1, 0.15) is 17.6 Å². The van der Waals surface area contributed by atoms with Crippen LogP contribution >= 0.6 is 0 Å². The van der Waals surface area contributed by atoms with Crippen molar-refractivity contribution in [2.75, 3.05) is 6.54 Å². The molecule has 0 aliphatic carbocycles. The van der Waals surface area contributed by atoms with Crippen molar-refractivity contribution in [3.05, 3.63) is 40.9 Å². The van der Waals surface area contributed by atoms with Crippen LogP contribution in [0.25, 0.3) is 22.1 Å². The van der Waals surface area contributed by atoms with Crippen LogP contribution in [0.3, 0.4) is 0 Å². The van der Waals surface area contributed by atoms with Crippen LogP contribution in [0.1, 0.15) is 32.1 Å². The third-order valence-corrected chi connectivity index (χ3v) is 5.30. The first-order valence-corrected chi connectivity index (χ1v) is 9.42. The number of para-hydroxylation sites is 1. The number of benzene rings is 1. The van der Waals surface area contributed by atoms with E-state index in [9.17, 15) is 14.4 Å². The number of piperidine rings is 1. The van der Waals surface area contributed by atoms with Crippen LogP contribution in [-0.2, 0) is 16.1 Å². The first-order chi connectivity index (χ1) is 13.5. The lowest BCUT2D eigenvalue weighted by Gasteiger charge is -2.35. The molecule has 1 amide bonds. The lowest BCUT2D eigenvalue weighted by molar-refractivity contribution is -0.140. The van der Waals surface area contributed by atoms with Crippen molar-refractivity contribution in [2.45, 2.75) is 44.7 Å². The zero-order valence-electron chi connectivity index (χ0n) is 15.3. The van der Waals surface area contributed by atoms with Gasteiger partial charge in [-0.3, -0.25) is 19.0 Å². The summed E-state index contributed by atoms with van der Waals surface area (Å²) in [5, 5.41) is 9.70. The summed E-state index contributed by atoms with van der Waals surface area (Å²) in [4.78, 5) is 42.6. The maximum Gasteiger partial charge on any atom is 0.303 e. The SMILES string of the molecule is O=C(O)CCC1CCCCN1C(=O)Cn1cnc2c(oc3ccccc32)c1=O. The molecule has 8 nitrogen and oxygen atoms in total. The highest BCUT2D eigenvalue weighted by atomic mass is 16.4. The molecule has 4 rings (SSSR count). The van der Waals surface area contributed by atoms with Crippen molar-refractivity contribution in [3.63, 3.8) is 0 Å². The van der Waals surface area contributed by atoms with Crippen molar-refractivity contribution in [1.29, 1.82) is 0 Å². The molecule has 28 heavy (non-hydrogen) atoms. The Labute approximate surface area is 160 Å². The number of aromatic nitrogens is 2. The Morgan fingerprint density at radius 1 is 1.25 bits per heavy atom. The second-order valence-corrected chi connectivity index (χ2v) is 7.12. The normalized spacial score (nSPS) is 17.3. The van der Waals surface area contributed by atoms with Gasteiger partial charge in [-0.2, -0.15) is 0 Å². The van der Waals surface area contributed by atoms with Gasteiger partial charge in [-0.1, -0.05) is 12.1 Å². The molecular weight excluding hydrogens is 362 g/mol. The van der Waals surface area contributed by atoms with E-state index in [2.05, 4.69) is 4.98 Å². The smallest absolute Gasteiger partial charge is 0.303 e. The van der Waals surface area contributed by atoms with E-state index < -0.39 is 11.5 Å². The molecule has 2 aromatic heterocycles. The number of amides is 1. The number of carboxylic acid groups (broad SMARTS) is 1. The number of likely N-dealkylation sites (tertiary alicyclic amines) is 1. The quantitative estimate of drug-likeness (QED) is 0.725. The Bertz CT molecular complexity index is 1100. The number of carbonyl (C=O) groups is 2. The lowest BCUT2D eigenvalue weighted by Crippen LogP contribution is -2.46. The molecule has 1 unspecified atom stereocenters. The van der Waals surface area contributed by atoms with E-state index in [4.69, 9.17) is 9.52 Å². The highest BCUT2D eigenvalue weighted by Crippen LogP contribution is 2.24. The Hall–Kier alpha value is -3.16. The maximum absolute atomic E-state index is 12.8. The zero-order chi connectivity index (χ0) is 19.7. The lowest BCUT2D eigenvalue weighted by atomic mass is 9.98. The third kappa shape index (κ3) is 3.37. The molecule has 0 radical (unpaired) electrons. The van der Waals surface area contributed by atoms with Gasteiger partial charge in [0.2, 0.25) is 11.5 Å². The van der Waals surface area contributed by atoms with Crippen molar-refractivity contribution in [2.24, 2.45) is 0 Å². The summed E-state index contributed by atoms with van der Waals surface area (Å²) in [5.41, 5.74) is 0.809. The molecule has 1 aliphatic rings.